The summed E-state index contributed by atoms with van der Waals surface area (Å²) in [7, 11) is 0. The smallest absolute Gasteiger partial charge is 0.0976 e. The van der Waals surface area contributed by atoms with Crippen molar-refractivity contribution < 1.29 is 0 Å². The zero-order valence-electron chi connectivity index (χ0n) is 6.67. The Hall–Kier alpha value is -0.0500. The molecular formula is C8H12ClNS. The lowest BCUT2D eigenvalue weighted by Gasteiger charge is -2.14. The predicted octanol–water partition coefficient (Wildman–Crippen LogP) is 3.06. The van der Waals surface area contributed by atoms with Gasteiger partial charge < -0.3 is 5.73 Å². The molecule has 0 spiro atoms. The van der Waals surface area contributed by atoms with Gasteiger partial charge in [-0.2, -0.15) is 0 Å². The third-order valence-electron chi connectivity index (χ3n) is 1.72. The molecule has 0 aliphatic heterocycles. The topological polar surface area (TPSA) is 26.0 Å². The lowest BCUT2D eigenvalue weighted by Crippen LogP contribution is -2.15. The lowest BCUT2D eigenvalue weighted by molar-refractivity contribution is 0.515. The fourth-order valence-corrected chi connectivity index (χ4v) is 1.92. The van der Waals surface area contributed by atoms with E-state index in [-0.39, 0.29) is 6.04 Å². The minimum Gasteiger partial charge on any atom is -0.324 e. The molecule has 1 heterocycles. The van der Waals surface area contributed by atoms with E-state index in [0.717, 1.165) is 9.90 Å². The van der Waals surface area contributed by atoms with E-state index in [0.29, 0.717) is 5.92 Å². The largest absolute Gasteiger partial charge is 0.324 e. The van der Waals surface area contributed by atoms with Crippen molar-refractivity contribution in [3.63, 3.8) is 0 Å². The first-order valence-electron chi connectivity index (χ1n) is 3.61. The van der Waals surface area contributed by atoms with Gasteiger partial charge in [-0.1, -0.05) is 25.4 Å². The second kappa shape index (κ2) is 3.57. The van der Waals surface area contributed by atoms with E-state index in [1.807, 2.05) is 11.4 Å². The highest BCUT2D eigenvalue weighted by molar-refractivity contribution is 7.14. The molecule has 0 radical (unpaired) electrons. The maximum Gasteiger partial charge on any atom is 0.0976 e. The fraction of sp³-hybridized carbons (Fsp3) is 0.500. The molecule has 0 aliphatic carbocycles. The molecule has 0 aliphatic rings. The number of hydrogen-bond acceptors (Lipinski definition) is 2. The Morgan fingerprint density at radius 3 is 2.55 bits per heavy atom. The van der Waals surface area contributed by atoms with E-state index in [2.05, 4.69) is 13.8 Å². The molecule has 0 unspecified atom stereocenters. The third kappa shape index (κ3) is 1.95. The summed E-state index contributed by atoms with van der Waals surface area (Å²) in [5.74, 6) is 0.446. The Bertz CT molecular complexity index is 232. The van der Waals surface area contributed by atoms with Crippen LogP contribution in [0.1, 0.15) is 25.5 Å². The summed E-state index contributed by atoms with van der Waals surface area (Å²) in [6.45, 7) is 4.19. The van der Waals surface area contributed by atoms with Crippen LogP contribution in [0.25, 0.3) is 0 Å². The van der Waals surface area contributed by atoms with Crippen molar-refractivity contribution in [1.82, 2.24) is 0 Å². The molecule has 11 heavy (non-hydrogen) atoms. The molecule has 1 atom stereocenters. The van der Waals surface area contributed by atoms with Gasteiger partial charge in [0.05, 0.1) is 4.34 Å². The molecule has 0 fully saturated rings. The first kappa shape index (κ1) is 9.04. The average Bonchev–Trinajstić information content (AvgIpc) is 2.33. The summed E-state index contributed by atoms with van der Waals surface area (Å²) in [6.07, 6.45) is 0. The summed E-state index contributed by atoms with van der Waals surface area (Å²) in [6, 6.07) is 2.08. The predicted molar refractivity (Wildman–Crippen MR) is 51.1 cm³/mol. The molecule has 62 valence electrons. The van der Waals surface area contributed by atoms with E-state index in [9.17, 15) is 0 Å². The van der Waals surface area contributed by atoms with Crippen LogP contribution in [0.2, 0.25) is 4.34 Å². The zero-order chi connectivity index (χ0) is 8.43. The first-order chi connectivity index (χ1) is 5.13. The molecule has 1 aromatic heterocycles. The van der Waals surface area contributed by atoms with Gasteiger partial charge in [0.2, 0.25) is 0 Å². The van der Waals surface area contributed by atoms with E-state index in [1.165, 1.54) is 11.3 Å². The molecule has 1 nitrogen and oxygen atoms in total. The van der Waals surface area contributed by atoms with Gasteiger partial charge in [0, 0.05) is 6.04 Å². The Morgan fingerprint density at radius 2 is 2.18 bits per heavy atom. The van der Waals surface area contributed by atoms with Crippen LogP contribution in [-0.2, 0) is 0 Å². The number of halogens is 1. The lowest BCUT2D eigenvalue weighted by atomic mass is 10.00. The van der Waals surface area contributed by atoms with Gasteiger partial charge in [-0.05, 0) is 22.9 Å². The minimum absolute atomic E-state index is 0.0775. The van der Waals surface area contributed by atoms with Gasteiger partial charge in [-0.15, -0.1) is 11.3 Å². The summed E-state index contributed by atoms with van der Waals surface area (Å²) in [4.78, 5) is 0. The number of thiophene rings is 1. The second-order valence-corrected chi connectivity index (χ2v) is 4.44. The fourth-order valence-electron chi connectivity index (χ4n) is 0.902. The molecule has 0 saturated carbocycles. The molecule has 1 aromatic rings. The van der Waals surface area contributed by atoms with Crippen LogP contribution in [-0.4, -0.2) is 0 Å². The van der Waals surface area contributed by atoms with Crippen LogP contribution in [0.3, 0.4) is 0 Å². The van der Waals surface area contributed by atoms with Crippen molar-refractivity contribution in [2.45, 2.75) is 19.9 Å². The van der Waals surface area contributed by atoms with Crippen molar-refractivity contribution in [2.24, 2.45) is 11.7 Å². The molecule has 1 rings (SSSR count). The molecular weight excluding hydrogens is 178 g/mol. The van der Waals surface area contributed by atoms with Crippen LogP contribution in [0.4, 0.5) is 0 Å². The van der Waals surface area contributed by atoms with Gasteiger partial charge >= 0.3 is 0 Å². The van der Waals surface area contributed by atoms with Crippen molar-refractivity contribution in [3.05, 3.63) is 21.3 Å². The van der Waals surface area contributed by atoms with Crippen molar-refractivity contribution in [1.29, 1.82) is 0 Å². The van der Waals surface area contributed by atoms with Crippen molar-refractivity contribution in [2.75, 3.05) is 0 Å². The van der Waals surface area contributed by atoms with E-state index in [1.54, 1.807) is 0 Å². The number of nitrogens with two attached hydrogens (primary N) is 1. The van der Waals surface area contributed by atoms with Crippen molar-refractivity contribution in [3.8, 4) is 0 Å². The number of hydrogen-bond donors (Lipinski definition) is 1. The molecule has 3 heteroatoms. The molecule has 0 aromatic carbocycles. The van der Waals surface area contributed by atoms with Crippen LogP contribution in [0, 0.1) is 5.92 Å². The maximum absolute atomic E-state index is 5.92. The average molecular weight is 190 g/mol. The second-order valence-electron chi connectivity index (χ2n) is 2.92. The highest BCUT2D eigenvalue weighted by atomic mass is 35.5. The Morgan fingerprint density at radius 1 is 1.55 bits per heavy atom. The van der Waals surface area contributed by atoms with E-state index < -0.39 is 0 Å². The summed E-state index contributed by atoms with van der Waals surface area (Å²) >= 11 is 7.45. The van der Waals surface area contributed by atoms with Crippen molar-refractivity contribution >= 4 is 22.9 Å². The van der Waals surface area contributed by atoms with Crippen LogP contribution in [0.5, 0.6) is 0 Å². The summed E-state index contributed by atoms with van der Waals surface area (Å²) in [5, 5.41) is 1.97. The number of rotatable bonds is 2. The molecule has 2 N–H and O–H groups in total. The Balaban J connectivity index is 2.84. The third-order valence-corrected chi connectivity index (χ3v) is 2.92. The molecule has 0 saturated heterocycles. The Labute approximate surface area is 76.2 Å². The van der Waals surface area contributed by atoms with Crippen LogP contribution in [0.15, 0.2) is 11.4 Å². The highest BCUT2D eigenvalue weighted by Gasteiger charge is 2.13. The van der Waals surface area contributed by atoms with E-state index in [4.69, 9.17) is 17.3 Å². The Kier molecular flexibility index (Phi) is 2.93. The summed E-state index contributed by atoms with van der Waals surface area (Å²) in [5.41, 5.74) is 6.98. The normalized spacial score (nSPS) is 13.9. The van der Waals surface area contributed by atoms with Gasteiger partial charge in [-0.25, -0.2) is 0 Å². The van der Waals surface area contributed by atoms with Gasteiger partial charge in [0.1, 0.15) is 0 Å². The SMILES string of the molecule is CC(C)[C@H](N)c1ccsc1Cl. The van der Waals surface area contributed by atoms with Crippen LogP contribution < -0.4 is 5.73 Å². The molecule has 0 bridgehead atoms. The van der Waals surface area contributed by atoms with E-state index >= 15 is 0 Å². The first-order valence-corrected chi connectivity index (χ1v) is 4.87. The summed E-state index contributed by atoms with van der Waals surface area (Å²) < 4.78 is 0.825. The minimum atomic E-state index is 0.0775. The zero-order valence-corrected chi connectivity index (χ0v) is 8.25. The maximum atomic E-state index is 5.92. The van der Waals surface area contributed by atoms with Crippen LogP contribution >= 0.6 is 22.9 Å². The highest BCUT2D eigenvalue weighted by Crippen LogP contribution is 2.30. The quantitative estimate of drug-likeness (QED) is 0.761. The standard InChI is InChI=1S/C8H12ClNS/c1-5(2)7(10)6-3-4-11-8(6)9/h3-5,7H,10H2,1-2H3/t7-/m0/s1. The van der Waals surface area contributed by atoms with Gasteiger partial charge in [-0.3, -0.25) is 0 Å². The van der Waals surface area contributed by atoms with Gasteiger partial charge in [0.15, 0.2) is 0 Å². The monoisotopic (exact) mass is 189 g/mol. The molecule has 0 amide bonds. The van der Waals surface area contributed by atoms with Gasteiger partial charge in [0.25, 0.3) is 0 Å².